The van der Waals surface area contributed by atoms with Crippen molar-refractivity contribution < 1.29 is 13.2 Å². The van der Waals surface area contributed by atoms with Crippen molar-refractivity contribution in [1.29, 1.82) is 0 Å². The molecule has 2 aromatic carbocycles. The molecule has 1 amide bonds. The summed E-state index contributed by atoms with van der Waals surface area (Å²) >= 11 is 0. The summed E-state index contributed by atoms with van der Waals surface area (Å²) in [4.78, 5) is 14.0. The van der Waals surface area contributed by atoms with Gasteiger partial charge in [0.1, 0.15) is 0 Å². The lowest BCUT2D eigenvalue weighted by Gasteiger charge is -2.22. The van der Waals surface area contributed by atoms with Crippen LogP contribution in [0.25, 0.3) is 0 Å². The highest BCUT2D eigenvalue weighted by atomic mass is 32.2. The first kappa shape index (κ1) is 17.2. The van der Waals surface area contributed by atoms with Crippen molar-refractivity contribution >= 4 is 15.9 Å². The standard InChI is InChI=1S/C17H20N2O3S/c1-14(18-23(21,22)16-11-7-4-8-12-16)17(20)19(2)13-15-9-5-3-6-10-15/h3-12,14,18H,13H2,1-2H3. The highest BCUT2D eigenvalue weighted by Crippen LogP contribution is 2.09. The van der Waals surface area contributed by atoms with Crippen LogP contribution in [0.4, 0.5) is 0 Å². The van der Waals surface area contributed by atoms with E-state index < -0.39 is 16.1 Å². The van der Waals surface area contributed by atoms with E-state index in [-0.39, 0.29) is 10.8 Å². The fourth-order valence-electron chi connectivity index (χ4n) is 2.22. The molecule has 1 unspecified atom stereocenters. The monoisotopic (exact) mass is 332 g/mol. The zero-order valence-electron chi connectivity index (χ0n) is 13.1. The van der Waals surface area contributed by atoms with Crippen LogP contribution in [0.2, 0.25) is 0 Å². The van der Waals surface area contributed by atoms with Crippen molar-refractivity contribution in [2.45, 2.75) is 24.4 Å². The first-order valence-electron chi connectivity index (χ1n) is 7.26. The SMILES string of the molecule is CC(NS(=O)(=O)c1ccccc1)C(=O)N(C)Cc1ccccc1. The van der Waals surface area contributed by atoms with Crippen molar-refractivity contribution in [2.75, 3.05) is 7.05 Å². The minimum absolute atomic E-state index is 0.144. The predicted octanol–water partition coefficient (Wildman–Crippen LogP) is 2.01. The quantitative estimate of drug-likeness (QED) is 0.880. The molecule has 0 aliphatic heterocycles. The number of hydrogen-bond acceptors (Lipinski definition) is 3. The van der Waals surface area contributed by atoms with E-state index in [0.717, 1.165) is 5.56 Å². The minimum atomic E-state index is -3.71. The van der Waals surface area contributed by atoms with Crippen molar-refractivity contribution in [1.82, 2.24) is 9.62 Å². The van der Waals surface area contributed by atoms with Gasteiger partial charge in [-0.25, -0.2) is 8.42 Å². The molecule has 23 heavy (non-hydrogen) atoms. The Labute approximate surface area is 137 Å². The smallest absolute Gasteiger partial charge is 0.241 e. The van der Waals surface area contributed by atoms with Gasteiger partial charge in [0.15, 0.2) is 0 Å². The second kappa shape index (κ2) is 7.39. The number of nitrogens with zero attached hydrogens (tertiary/aromatic N) is 1. The third-order valence-corrected chi connectivity index (χ3v) is 4.95. The normalized spacial score (nSPS) is 12.6. The maximum atomic E-state index is 12.4. The van der Waals surface area contributed by atoms with Crippen molar-refractivity contribution in [3.63, 3.8) is 0 Å². The molecule has 1 N–H and O–H groups in total. The summed E-state index contributed by atoms with van der Waals surface area (Å²) in [7, 11) is -2.05. The zero-order chi connectivity index (χ0) is 16.9. The molecule has 122 valence electrons. The molecule has 2 aromatic rings. The number of nitrogens with one attached hydrogen (secondary N) is 1. The molecule has 5 nitrogen and oxygen atoms in total. The van der Waals surface area contributed by atoms with E-state index in [1.165, 1.54) is 17.0 Å². The van der Waals surface area contributed by atoms with Gasteiger partial charge in [0.2, 0.25) is 15.9 Å². The molecular weight excluding hydrogens is 312 g/mol. The molecule has 0 bridgehead atoms. The van der Waals surface area contributed by atoms with Crippen LogP contribution in [0.5, 0.6) is 0 Å². The fourth-order valence-corrected chi connectivity index (χ4v) is 3.43. The van der Waals surface area contributed by atoms with Crippen LogP contribution in [-0.4, -0.2) is 32.3 Å². The van der Waals surface area contributed by atoms with Gasteiger partial charge < -0.3 is 4.90 Å². The number of sulfonamides is 1. The lowest BCUT2D eigenvalue weighted by Crippen LogP contribution is -2.45. The first-order valence-corrected chi connectivity index (χ1v) is 8.75. The lowest BCUT2D eigenvalue weighted by molar-refractivity contribution is -0.131. The molecule has 0 aliphatic carbocycles. The maximum absolute atomic E-state index is 12.4. The zero-order valence-corrected chi connectivity index (χ0v) is 14.0. The molecule has 0 radical (unpaired) electrons. The Kier molecular flexibility index (Phi) is 5.52. The molecule has 1 atom stereocenters. The van der Waals surface area contributed by atoms with Gasteiger partial charge in [0, 0.05) is 13.6 Å². The summed E-state index contributed by atoms with van der Waals surface area (Å²) in [6, 6.07) is 16.7. The molecular formula is C17H20N2O3S. The Morgan fingerprint density at radius 2 is 1.57 bits per heavy atom. The second-order valence-corrected chi connectivity index (χ2v) is 7.05. The summed E-state index contributed by atoms with van der Waals surface area (Å²) in [5.41, 5.74) is 0.987. The number of hydrogen-bond donors (Lipinski definition) is 1. The van der Waals surface area contributed by atoms with Crippen LogP contribution < -0.4 is 4.72 Å². The van der Waals surface area contributed by atoms with Gasteiger partial charge in [-0.3, -0.25) is 4.79 Å². The van der Waals surface area contributed by atoms with Crippen LogP contribution in [0.1, 0.15) is 12.5 Å². The summed E-state index contributed by atoms with van der Waals surface area (Å²) in [6.07, 6.45) is 0. The van der Waals surface area contributed by atoms with Gasteiger partial charge in [-0.1, -0.05) is 48.5 Å². The fraction of sp³-hybridized carbons (Fsp3) is 0.235. The Morgan fingerprint density at radius 3 is 2.13 bits per heavy atom. The second-order valence-electron chi connectivity index (χ2n) is 5.34. The molecule has 0 aliphatic rings. The number of likely N-dealkylation sites (N-methyl/N-ethyl adjacent to an activating group) is 1. The van der Waals surface area contributed by atoms with Crippen LogP contribution in [-0.2, 0) is 21.4 Å². The van der Waals surface area contributed by atoms with Crippen LogP contribution in [0, 0.1) is 0 Å². The molecule has 6 heteroatoms. The minimum Gasteiger partial charge on any atom is -0.340 e. The Balaban J connectivity index is 2.02. The first-order chi connectivity index (χ1) is 10.9. The van der Waals surface area contributed by atoms with Gasteiger partial charge in [-0.2, -0.15) is 4.72 Å². The molecule has 0 spiro atoms. The summed E-state index contributed by atoms with van der Waals surface area (Å²) < 4.78 is 26.9. The average molecular weight is 332 g/mol. The number of rotatable bonds is 6. The maximum Gasteiger partial charge on any atom is 0.241 e. The molecule has 0 saturated carbocycles. The third-order valence-electron chi connectivity index (χ3n) is 3.39. The van der Waals surface area contributed by atoms with Crippen molar-refractivity contribution in [3.8, 4) is 0 Å². The largest absolute Gasteiger partial charge is 0.340 e. The molecule has 2 rings (SSSR count). The highest BCUT2D eigenvalue weighted by molar-refractivity contribution is 7.89. The van der Waals surface area contributed by atoms with E-state index >= 15 is 0 Å². The summed E-state index contributed by atoms with van der Waals surface area (Å²) in [5, 5.41) is 0. The average Bonchev–Trinajstić information content (AvgIpc) is 2.55. The van der Waals surface area contributed by atoms with Gasteiger partial charge in [-0.05, 0) is 24.6 Å². The molecule has 0 fully saturated rings. The van der Waals surface area contributed by atoms with E-state index in [4.69, 9.17) is 0 Å². The topological polar surface area (TPSA) is 66.5 Å². The highest BCUT2D eigenvalue weighted by Gasteiger charge is 2.24. The Bertz CT molecular complexity index is 746. The Morgan fingerprint density at radius 1 is 1.04 bits per heavy atom. The molecule has 0 heterocycles. The van der Waals surface area contributed by atoms with Crippen molar-refractivity contribution in [3.05, 3.63) is 66.2 Å². The summed E-state index contributed by atoms with van der Waals surface area (Å²) in [5.74, 6) is -0.284. The predicted molar refractivity (Wildman–Crippen MR) is 89.1 cm³/mol. The van der Waals surface area contributed by atoms with E-state index in [9.17, 15) is 13.2 Å². The van der Waals surface area contributed by atoms with Gasteiger partial charge in [0.05, 0.1) is 10.9 Å². The van der Waals surface area contributed by atoms with E-state index in [0.29, 0.717) is 6.54 Å². The van der Waals surface area contributed by atoms with Crippen LogP contribution in [0.3, 0.4) is 0 Å². The van der Waals surface area contributed by atoms with E-state index in [2.05, 4.69) is 4.72 Å². The van der Waals surface area contributed by atoms with Gasteiger partial charge in [-0.15, -0.1) is 0 Å². The van der Waals surface area contributed by atoms with Crippen molar-refractivity contribution in [2.24, 2.45) is 0 Å². The number of amides is 1. The number of carbonyl (C=O) groups excluding carboxylic acids is 1. The lowest BCUT2D eigenvalue weighted by atomic mass is 10.2. The van der Waals surface area contributed by atoms with Crippen LogP contribution in [0.15, 0.2) is 65.6 Å². The van der Waals surface area contributed by atoms with Gasteiger partial charge in [0.25, 0.3) is 0 Å². The van der Waals surface area contributed by atoms with Crippen LogP contribution >= 0.6 is 0 Å². The third kappa shape index (κ3) is 4.64. The number of benzene rings is 2. The Hall–Kier alpha value is -2.18. The summed E-state index contributed by atoms with van der Waals surface area (Å²) in [6.45, 7) is 1.97. The number of carbonyl (C=O) groups is 1. The van der Waals surface area contributed by atoms with E-state index in [1.54, 1.807) is 32.2 Å². The molecule has 0 aromatic heterocycles. The van der Waals surface area contributed by atoms with Gasteiger partial charge >= 0.3 is 0 Å². The molecule has 0 saturated heterocycles. The van der Waals surface area contributed by atoms with E-state index in [1.807, 2.05) is 30.3 Å².